The smallest absolute Gasteiger partial charge is 0.169 e. The lowest BCUT2D eigenvalue weighted by atomic mass is 9.70. The van der Waals surface area contributed by atoms with Crippen molar-refractivity contribution in [3.05, 3.63) is 22.4 Å². The number of thiophene rings is 1. The quantitative estimate of drug-likeness (QED) is 0.815. The number of piperidine rings is 1. The van der Waals surface area contributed by atoms with Crippen molar-refractivity contribution in [1.82, 2.24) is 5.32 Å². The molecule has 1 saturated heterocycles. The molecular formula is C13H19NOS. The molecule has 1 aromatic rings. The van der Waals surface area contributed by atoms with Crippen LogP contribution in [0.4, 0.5) is 0 Å². The van der Waals surface area contributed by atoms with E-state index in [0.29, 0.717) is 5.78 Å². The van der Waals surface area contributed by atoms with Crippen LogP contribution in [0.15, 0.2) is 16.8 Å². The van der Waals surface area contributed by atoms with Crippen LogP contribution >= 0.6 is 11.3 Å². The Kier molecular flexibility index (Phi) is 3.77. The average molecular weight is 237 g/mol. The molecule has 0 radical (unpaired) electrons. The van der Waals surface area contributed by atoms with E-state index in [4.69, 9.17) is 0 Å². The molecule has 0 amide bonds. The Balaban J connectivity index is 2.21. The summed E-state index contributed by atoms with van der Waals surface area (Å²) in [5.74, 6) is 0.372. The third-order valence-electron chi connectivity index (χ3n) is 3.55. The van der Waals surface area contributed by atoms with Crippen LogP contribution in [0.1, 0.15) is 43.0 Å². The van der Waals surface area contributed by atoms with Gasteiger partial charge in [0.25, 0.3) is 0 Å². The molecule has 1 aromatic heterocycles. The van der Waals surface area contributed by atoms with Gasteiger partial charge < -0.3 is 5.32 Å². The van der Waals surface area contributed by atoms with Gasteiger partial charge in [0.15, 0.2) is 5.78 Å². The van der Waals surface area contributed by atoms with E-state index in [1.54, 1.807) is 11.3 Å². The minimum Gasteiger partial charge on any atom is -0.317 e. The number of carbonyl (C=O) groups excluding carboxylic acids is 1. The molecule has 2 nitrogen and oxygen atoms in total. The van der Waals surface area contributed by atoms with Gasteiger partial charge in [-0.1, -0.05) is 13.3 Å². The van der Waals surface area contributed by atoms with Crippen molar-refractivity contribution < 1.29 is 4.79 Å². The third-order valence-corrected chi connectivity index (χ3v) is 4.24. The van der Waals surface area contributed by atoms with Crippen molar-refractivity contribution in [2.24, 2.45) is 5.41 Å². The third kappa shape index (κ3) is 2.20. The van der Waals surface area contributed by atoms with Gasteiger partial charge >= 0.3 is 0 Å². The topological polar surface area (TPSA) is 29.1 Å². The summed E-state index contributed by atoms with van der Waals surface area (Å²) in [6, 6.07) is 1.96. The summed E-state index contributed by atoms with van der Waals surface area (Å²) in [7, 11) is 0. The van der Waals surface area contributed by atoms with Gasteiger partial charge in [-0.15, -0.1) is 0 Å². The van der Waals surface area contributed by atoms with E-state index in [1.165, 1.54) is 0 Å². The molecule has 0 saturated carbocycles. The second-order valence-electron chi connectivity index (χ2n) is 4.62. The fourth-order valence-corrected chi connectivity index (χ4v) is 3.31. The number of hydrogen-bond acceptors (Lipinski definition) is 3. The van der Waals surface area contributed by atoms with E-state index in [0.717, 1.165) is 44.3 Å². The number of carbonyl (C=O) groups is 1. The fourth-order valence-electron chi connectivity index (χ4n) is 2.67. The first-order valence-corrected chi connectivity index (χ1v) is 7.00. The summed E-state index contributed by atoms with van der Waals surface area (Å²) in [4.78, 5) is 12.6. The van der Waals surface area contributed by atoms with E-state index < -0.39 is 0 Å². The summed E-state index contributed by atoms with van der Waals surface area (Å²) in [6.07, 6.45) is 4.12. The number of hydrogen-bond donors (Lipinski definition) is 1. The summed E-state index contributed by atoms with van der Waals surface area (Å²) in [5.41, 5.74) is 0.835. The van der Waals surface area contributed by atoms with Gasteiger partial charge in [0, 0.05) is 16.4 Å². The molecule has 2 heterocycles. The van der Waals surface area contributed by atoms with Crippen molar-refractivity contribution in [3.63, 3.8) is 0 Å². The van der Waals surface area contributed by atoms with Crippen LogP contribution in [-0.2, 0) is 0 Å². The standard InChI is InChI=1S/C13H19NOS/c1-2-4-13(5-7-14-8-6-13)12(15)11-3-9-16-10-11/h3,9-10,14H,2,4-8H2,1H3. The van der Waals surface area contributed by atoms with E-state index in [-0.39, 0.29) is 5.41 Å². The van der Waals surface area contributed by atoms with Gasteiger partial charge in [-0.2, -0.15) is 11.3 Å². The second-order valence-corrected chi connectivity index (χ2v) is 5.40. The Bertz CT molecular complexity index is 333. The summed E-state index contributed by atoms with van der Waals surface area (Å²) in [5, 5.41) is 7.33. The highest BCUT2D eigenvalue weighted by atomic mass is 32.1. The van der Waals surface area contributed by atoms with Crippen molar-refractivity contribution in [1.29, 1.82) is 0 Å². The Hall–Kier alpha value is -0.670. The monoisotopic (exact) mass is 237 g/mol. The largest absolute Gasteiger partial charge is 0.317 e. The van der Waals surface area contributed by atoms with Gasteiger partial charge in [-0.05, 0) is 43.8 Å². The van der Waals surface area contributed by atoms with Gasteiger partial charge in [-0.3, -0.25) is 4.79 Å². The van der Waals surface area contributed by atoms with Crippen LogP contribution in [-0.4, -0.2) is 18.9 Å². The Labute approximate surface area is 101 Å². The lowest BCUT2D eigenvalue weighted by molar-refractivity contribution is 0.0705. The van der Waals surface area contributed by atoms with Gasteiger partial charge in [0.1, 0.15) is 0 Å². The normalized spacial score (nSPS) is 19.6. The minimum atomic E-state index is -0.0823. The zero-order valence-corrected chi connectivity index (χ0v) is 10.6. The molecule has 88 valence electrons. The second kappa shape index (κ2) is 5.11. The van der Waals surface area contributed by atoms with Crippen LogP contribution in [0.2, 0.25) is 0 Å². The van der Waals surface area contributed by atoms with E-state index in [9.17, 15) is 4.79 Å². The first kappa shape index (κ1) is 11.8. The maximum atomic E-state index is 12.6. The SMILES string of the molecule is CCCC1(C(=O)c2ccsc2)CCNCC1. The average Bonchev–Trinajstić information content (AvgIpc) is 2.83. The van der Waals surface area contributed by atoms with Crippen LogP contribution in [0.25, 0.3) is 0 Å². The first-order valence-electron chi connectivity index (χ1n) is 6.06. The van der Waals surface area contributed by atoms with Crippen LogP contribution in [0.5, 0.6) is 0 Å². The molecule has 1 N–H and O–H groups in total. The lowest BCUT2D eigenvalue weighted by Crippen LogP contribution is -2.42. The molecule has 1 fully saturated rings. The van der Waals surface area contributed by atoms with Gasteiger partial charge in [-0.25, -0.2) is 0 Å². The summed E-state index contributed by atoms with van der Waals surface area (Å²) < 4.78 is 0. The Morgan fingerprint density at radius 3 is 2.81 bits per heavy atom. The van der Waals surface area contributed by atoms with Crippen LogP contribution in [0.3, 0.4) is 0 Å². The van der Waals surface area contributed by atoms with Crippen LogP contribution in [0, 0.1) is 5.41 Å². The molecule has 1 aliphatic rings. The zero-order chi connectivity index (χ0) is 11.4. The number of Topliss-reactive ketones (excluding diaryl/α,β-unsaturated/α-hetero) is 1. The highest BCUT2D eigenvalue weighted by Crippen LogP contribution is 2.37. The van der Waals surface area contributed by atoms with Crippen LogP contribution < -0.4 is 5.32 Å². The number of rotatable bonds is 4. The molecular weight excluding hydrogens is 218 g/mol. The molecule has 2 rings (SSSR count). The van der Waals surface area contributed by atoms with Crippen molar-refractivity contribution >= 4 is 17.1 Å². The van der Waals surface area contributed by atoms with Crippen molar-refractivity contribution in [2.75, 3.05) is 13.1 Å². The Morgan fingerprint density at radius 2 is 2.25 bits per heavy atom. The first-order chi connectivity index (χ1) is 7.78. The van der Waals surface area contributed by atoms with Crippen molar-refractivity contribution in [2.45, 2.75) is 32.6 Å². The van der Waals surface area contributed by atoms with Crippen molar-refractivity contribution in [3.8, 4) is 0 Å². The van der Waals surface area contributed by atoms with Gasteiger partial charge in [0.2, 0.25) is 0 Å². The predicted octanol–water partition coefficient (Wildman–Crippen LogP) is 3.10. The molecule has 3 heteroatoms. The maximum Gasteiger partial charge on any atom is 0.169 e. The maximum absolute atomic E-state index is 12.6. The Morgan fingerprint density at radius 1 is 1.50 bits per heavy atom. The zero-order valence-electron chi connectivity index (χ0n) is 9.79. The van der Waals surface area contributed by atoms with E-state index in [1.807, 2.05) is 16.8 Å². The highest BCUT2D eigenvalue weighted by molar-refractivity contribution is 7.08. The van der Waals surface area contributed by atoms with Gasteiger partial charge in [0.05, 0.1) is 0 Å². The molecule has 0 unspecified atom stereocenters. The lowest BCUT2D eigenvalue weighted by Gasteiger charge is -2.36. The predicted molar refractivity (Wildman–Crippen MR) is 68.1 cm³/mol. The molecule has 0 aliphatic carbocycles. The summed E-state index contributed by atoms with van der Waals surface area (Å²) >= 11 is 1.61. The minimum absolute atomic E-state index is 0.0823. The summed E-state index contributed by atoms with van der Waals surface area (Å²) in [6.45, 7) is 4.14. The van der Waals surface area contributed by atoms with E-state index >= 15 is 0 Å². The molecule has 0 atom stereocenters. The molecule has 0 bridgehead atoms. The number of nitrogens with one attached hydrogen (secondary N) is 1. The fraction of sp³-hybridized carbons (Fsp3) is 0.615. The van der Waals surface area contributed by atoms with E-state index in [2.05, 4.69) is 12.2 Å². The molecule has 0 aromatic carbocycles. The molecule has 16 heavy (non-hydrogen) atoms. The molecule has 1 aliphatic heterocycles. The number of ketones is 1. The highest BCUT2D eigenvalue weighted by Gasteiger charge is 2.38. The molecule has 0 spiro atoms.